The Morgan fingerprint density at radius 3 is 2.77 bits per heavy atom. The Hall–Kier alpha value is -2.02. The van der Waals surface area contributed by atoms with E-state index in [0.29, 0.717) is 40.5 Å². The molecule has 0 saturated carbocycles. The normalized spacial score (nSPS) is 10.7. The first-order chi connectivity index (χ1) is 10.6. The molecule has 0 radical (unpaired) electrons. The SMILES string of the molecule is COc1cc(C=O)ccc1OCCSc1nnc(C(C)C)o1. The maximum atomic E-state index is 10.7. The lowest BCUT2D eigenvalue weighted by Crippen LogP contribution is -2.02. The van der Waals surface area contributed by atoms with Crippen LogP contribution in [-0.2, 0) is 0 Å². The van der Waals surface area contributed by atoms with Gasteiger partial charge >= 0.3 is 0 Å². The lowest BCUT2D eigenvalue weighted by molar-refractivity contribution is 0.112. The number of aldehydes is 1. The molecule has 6 nitrogen and oxygen atoms in total. The third kappa shape index (κ3) is 4.24. The summed E-state index contributed by atoms with van der Waals surface area (Å²) in [7, 11) is 1.54. The Balaban J connectivity index is 1.84. The second-order valence-electron chi connectivity index (χ2n) is 4.79. The van der Waals surface area contributed by atoms with Crippen molar-refractivity contribution in [3.8, 4) is 11.5 Å². The smallest absolute Gasteiger partial charge is 0.276 e. The zero-order valence-electron chi connectivity index (χ0n) is 12.7. The summed E-state index contributed by atoms with van der Waals surface area (Å²) in [5.41, 5.74) is 0.547. The van der Waals surface area contributed by atoms with E-state index in [2.05, 4.69) is 10.2 Å². The molecule has 0 bridgehead atoms. The predicted molar refractivity (Wildman–Crippen MR) is 83.0 cm³/mol. The van der Waals surface area contributed by atoms with Gasteiger partial charge in [0.05, 0.1) is 13.7 Å². The summed E-state index contributed by atoms with van der Waals surface area (Å²) in [6, 6.07) is 5.05. The largest absolute Gasteiger partial charge is 0.493 e. The zero-order valence-corrected chi connectivity index (χ0v) is 13.6. The van der Waals surface area contributed by atoms with Gasteiger partial charge in [-0.25, -0.2) is 0 Å². The molecule has 2 rings (SSSR count). The van der Waals surface area contributed by atoms with E-state index >= 15 is 0 Å². The van der Waals surface area contributed by atoms with Crippen molar-refractivity contribution in [2.45, 2.75) is 25.0 Å². The van der Waals surface area contributed by atoms with Crippen molar-refractivity contribution in [3.05, 3.63) is 29.7 Å². The molecule has 0 aliphatic carbocycles. The third-order valence-corrected chi connectivity index (χ3v) is 3.59. The van der Waals surface area contributed by atoms with Crippen LogP contribution < -0.4 is 9.47 Å². The van der Waals surface area contributed by atoms with Crippen molar-refractivity contribution in [1.29, 1.82) is 0 Å². The van der Waals surface area contributed by atoms with Crippen molar-refractivity contribution in [2.75, 3.05) is 19.5 Å². The number of hydrogen-bond donors (Lipinski definition) is 0. The van der Waals surface area contributed by atoms with Gasteiger partial charge in [0.1, 0.15) is 6.29 Å². The highest BCUT2D eigenvalue weighted by Gasteiger charge is 2.10. The highest BCUT2D eigenvalue weighted by molar-refractivity contribution is 7.99. The Kier molecular flexibility index (Phi) is 5.83. The molecule has 0 atom stereocenters. The van der Waals surface area contributed by atoms with Gasteiger partial charge in [-0.3, -0.25) is 4.79 Å². The number of nitrogens with zero attached hydrogens (tertiary/aromatic N) is 2. The summed E-state index contributed by atoms with van der Waals surface area (Å²) in [5.74, 6) is 2.66. The Morgan fingerprint density at radius 1 is 1.32 bits per heavy atom. The van der Waals surface area contributed by atoms with Crippen LogP contribution in [0.3, 0.4) is 0 Å². The first kappa shape index (κ1) is 16.4. The summed E-state index contributed by atoms with van der Waals surface area (Å²) in [6.45, 7) is 4.46. The molecule has 0 unspecified atom stereocenters. The second kappa shape index (κ2) is 7.84. The van der Waals surface area contributed by atoms with E-state index in [0.717, 1.165) is 6.29 Å². The Bertz CT molecular complexity index is 628. The van der Waals surface area contributed by atoms with Crippen LogP contribution in [0.5, 0.6) is 11.5 Å². The number of rotatable bonds is 8. The number of hydrogen-bond acceptors (Lipinski definition) is 7. The van der Waals surface area contributed by atoms with Gasteiger partial charge in [0.25, 0.3) is 5.22 Å². The summed E-state index contributed by atoms with van der Waals surface area (Å²) in [4.78, 5) is 10.7. The van der Waals surface area contributed by atoms with E-state index in [9.17, 15) is 4.79 Å². The fraction of sp³-hybridized carbons (Fsp3) is 0.400. The van der Waals surface area contributed by atoms with Crippen molar-refractivity contribution >= 4 is 18.0 Å². The van der Waals surface area contributed by atoms with Crippen LogP contribution in [-0.4, -0.2) is 36.0 Å². The van der Waals surface area contributed by atoms with Gasteiger partial charge in [-0.05, 0) is 18.2 Å². The van der Waals surface area contributed by atoms with E-state index in [-0.39, 0.29) is 5.92 Å². The molecule has 1 aromatic carbocycles. The van der Waals surface area contributed by atoms with Crippen molar-refractivity contribution in [2.24, 2.45) is 0 Å². The fourth-order valence-electron chi connectivity index (χ4n) is 1.67. The molecule has 0 aliphatic rings. The van der Waals surface area contributed by atoms with E-state index in [1.807, 2.05) is 13.8 Å². The number of thioether (sulfide) groups is 1. The van der Waals surface area contributed by atoms with Gasteiger partial charge in [-0.15, -0.1) is 10.2 Å². The lowest BCUT2D eigenvalue weighted by Gasteiger charge is -2.10. The highest BCUT2D eigenvalue weighted by Crippen LogP contribution is 2.28. The highest BCUT2D eigenvalue weighted by atomic mass is 32.2. The van der Waals surface area contributed by atoms with E-state index < -0.39 is 0 Å². The Labute approximate surface area is 133 Å². The molecule has 0 amide bonds. The van der Waals surface area contributed by atoms with Crippen LogP contribution in [0.2, 0.25) is 0 Å². The average Bonchev–Trinajstić information content (AvgIpc) is 3.00. The molecule has 0 saturated heterocycles. The van der Waals surface area contributed by atoms with Crippen molar-refractivity contribution in [3.63, 3.8) is 0 Å². The molecule has 0 aliphatic heterocycles. The standard InChI is InChI=1S/C15H18N2O4S/c1-10(2)14-16-17-15(21-14)22-7-6-20-12-5-4-11(9-18)8-13(12)19-3/h4-5,8-10H,6-7H2,1-3H3. The molecule has 1 aromatic heterocycles. The molecule has 7 heteroatoms. The molecular weight excluding hydrogens is 304 g/mol. The van der Waals surface area contributed by atoms with E-state index in [1.165, 1.54) is 18.9 Å². The second-order valence-corrected chi connectivity index (χ2v) is 5.83. The topological polar surface area (TPSA) is 74.5 Å². The minimum Gasteiger partial charge on any atom is -0.493 e. The molecule has 0 spiro atoms. The van der Waals surface area contributed by atoms with Gasteiger partial charge in [0.2, 0.25) is 5.89 Å². The maximum absolute atomic E-state index is 10.7. The van der Waals surface area contributed by atoms with Gasteiger partial charge in [0, 0.05) is 17.2 Å². The fourth-order valence-corrected chi connectivity index (χ4v) is 2.25. The molecule has 0 fully saturated rings. The van der Waals surface area contributed by atoms with Crippen LogP contribution in [0.15, 0.2) is 27.8 Å². The van der Waals surface area contributed by atoms with Gasteiger partial charge in [-0.1, -0.05) is 25.6 Å². The molecule has 2 aromatic rings. The minimum atomic E-state index is 0.221. The van der Waals surface area contributed by atoms with Crippen molar-refractivity contribution in [1.82, 2.24) is 10.2 Å². The molecule has 0 N–H and O–H groups in total. The monoisotopic (exact) mass is 322 g/mol. The third-order valence-electron chi connectivity index (χ3n) is 2.81. The maximum Gasteiger partial charge on any atom is 0.276 e. The van der Waals surface area contributed by atoms with Crippen molar-refractivity contribution < 1.29 is 18.7 Å². The summed E-state index contributed by atoms with van der Waals surface area (Å²) < 4.78 is 16.3. The molecule has 22 heavy (non-hydrogen) atoms. The summed E-state index contributed by atoms with van der Waals surface area (Å²) in [5, 5.41) is 8.47. The first-order valence-electron chi connectivity index (χ1n) is 6.86. The van der Waals surface area contributed by atoms with E-state index in [4.69, 9.17) is 13.9 Å². The quantitative estimate of drug-likeness (QED) is 0.420. The molecular formula is C15H18N2O4S. The van der Waals surface area contributed by atoms with Crippen LogP contribution in [0.25, 0.3) is 0 Å². The minimum absolute atomic E-state index is 0.221. The summed E-state index contributed by atoms with van der Waals surface area (Å²) >= 11 is 1.44. The van der Waals surface area contributed by atoms with Crippen LogP contribution in [0.4, 0.5) is 0 Å². The Morgan fingerprint density at radius 2 is 2.14 bits per heavy atom. The molecule has 1 heterocycles. The number of aromatic nitrogens is 2. The lowest BCUT2D eigenvalue weighted by atomic mass is 10.2. The number of benzene rings is 1. The average molecular weight is 322 g/mol. The predicted octanol–water partition coefficient (Wildman–Crippen LogP) is 3.19. The van der Waals surface area contributed by atoms with Crippen LogP contribution in [0, 0.1) is 0 Å². The van der Waals surface area contributed by atoms with E-state index in [1.54, 1.807) is 18.2 Å². The number of ether oxygens (including phenoxy) is 2. The first-order valence-corrected chi connectivity index (χ1v) is 7.84. The number of methoxy groups -OCH3 is 1. The number of carbonyl (C=O) groups is 1. The molecule has 118 valence electrons. The zero-order chi connectivity index (χ0) is 15.9. The van der Waals surface area contributed by atoms with Gasteiger partial charge in [-0.2, -0.15) is 0 Å². The number of carbonyl (C=O) groups excluding carboxylic acids is 1. The van der Waals surface area contributed by atoms with Gasteiger partial charge in [0.15, 0.2) is 11.5 Å². The van der Waals surface area contributed by atoms with Crippen LogP contribution >= 0.6 is 11.8 Å². The summed E-state index contributed by atoms with van der Waals surface area (Å²) in [6.07, 6.45) is 0.768. The van der Waals surface area contributed by atoms with Crippen LogP contribution in [0.1, 0.15) is 36.0 Å². The van der Waals surface area contributed by atoms with Gasteiger partial charge < -0.3 is 13.9 Å².